The molecule has 0 spiro atoms. The molecule has 102 valence electrons. The molecular weight excluding hydrogens is 313 g/mol. The van der Waals surface area contributed by atoms with E-state index in [9.17, 15) is 4.39 Å². The van der Waals surface area contributed by atoms with Gasteiger partial charge >= 0.3 is 0 Å². The quantitative estimate of drug-likeness (QED) is 0.824. The highest BCUT2D eigenvalue weighted by atomic mass is 79.9. The van der Waals surface area contributed by atoms with Gasteiger partial charge in [-0.1, -0.05) is 6.07 Å². The van der Waals surface area contributed by atoms with Gasteiger partial charge in [0.15, 0.2) is 0 Å². The minimum absolute atomic E-state index is 0.319. The molecule has 4 nitrogen and oxygen atoms in total. The van der Waals surface area contributed by atoms with E-state index in [1.807, 2.05) is 10.8 Å². The van der Waals surface area contributed by atoms with Crippen LogP contribution in [0.5, 0.6) is 0 Å². The second-order valence-electron chi connectivity index (χ2n) is 4.01. The lowest BCUT2D eigenvalue weighted by Gasteiger charge is -2.11. The number of methoxy groups -OCH3 is 1. The number of nitrogens with one attached hydrogen (secondary N) is 1. The number of para-hydroxylation sites is 1. The third-order valence-electron chi connectivity index (χ3n) is 2.66. The molecule has 2 aromatic rings. The van der Waals surface area contributed by atoms with Crippen LogP contribution in [0.4, 0.5) is 16.0 Å². The fraction of sp³-hybridized carbons (Fsp3) is 0.308. The molecule has 0 aliphatic carbocycles. The van der Waals surface area contributed by atoms with Gasteiger partial charge in [-0.05, 0) is 34.5 Å². The van der Waals surface area contributed by atoms with E-state index >= 15 is 0 Å². The van der Waals surface area contributed by atoms with Crippen LogP contribution < -0.4 is 5.32 Å². The Morgan fingerprint density at radius 2 is 2.32 bits per heavy atom. The Bertz CT molecular complexity index is 524. The number of ether oxygens (including phenoxy) is 1. The highest BCUT2D eigenvalue weighted by molar-refractivity contribution is 9.10. The average Bonchev–Trinajstić information content (AvgIpc) is 2.82. The summed E-state index contributed by atoms with van der Waals surface area (Å²) in [7, 11) is 1.67. The largest absolute Gasteiger partial charge is 0.385 e. The summed E-state index contributed by atoms with van der Waals surface area (Å²) in [4.78, 5) is 4.20. The predicted molar refractivity (Wildman–Crippen MR) is 76.1 cm³/mol. The molecule has 0 atom stereocenters. The van der Waals surface area contributed by atoms with E-state index in [1.54, 1.807) is 25.4 Å². The van der Waals surface area contributed by atoms with Gasteiger partial charge in [-0.15, -0.1) is 0 Å². The highest BCUT2D eigenvalue weighted by Crippen LogP contribution is 2.27. The lowest BCUT2D eigenvalue weighted by Crippen LogP contribution is -2.06. The van der Waals surface area contributed by atoms with Crippen LogP contribution in [0.25, 0.3) is 0 Å². The van der Waals surface area contributed by atoms with Gasteiger partial charge in [-0.2, -0.15) is 0 Å². The second kappa shape index (κ2) is 6.68. The van der Waals surface area contributed by atoms with Crippen LogP contribution in [-0.4, -0.2) is 23.3 Å². The number of benzene rings is 1. The van der Waals surface area contributed by atoms with Crippen molar-refractivity contribution in [1.29, 1.82) is 0 Å². The van der Waals surface area contributed by atoms with Crippen molar-refractivity contribution in [3.63, 3.8) is 0 Å². The topological polar surface area (TPSA) is 39.1 Å². The first-order valence-electron chi connectivity index (χ1n) is 5.93. The SMILES string of the molecule is COCCCn1ccnc1Nc1c(F)cccc1Br. The first-order chi connectivity index (χ1) is 9.22. The van der Waals surface area contributed by atoms with Crippen LogP contribution in [0.1, 0.15) is 6.42 Å². The lowest BCUT2D eigenvalue weighted by atomic mass is 10.3. The zero-order valence-electron chi connectivity index (χ0n) is 10.6. The Labute approximate surface area is 119 Å². The van der Waals surface area contributed by atoms with Gasteiger partial charge in [0.1, 0.15) is 5.82 Å². The molecule has 2 rings (SSSR count). The summed E-state index contributed by atoms with van der Waals surface area (Å²) in [5.41, 5.74) is 0.390. The summed E-state index contributed by atoms with van der Waals surface area (Å²) >= 11 is 3.32. The molecule has 1 heterocycles. The van der Waals surface area contributed by atoms with Gasteiger partial charge in [-0.25, -0.2) is 9.37 Å². The third-order valence-corrected chi connectivity index (χ3v) is 3.32. The van der Waals surface area contributed by atoms with Crippen molar-refractivity contribution in [3.05, 3.63) is 40.9 Å². The maximum atomic E-state index is 13.7. The molecule has 1 aromatic carbocycles. The van der Waals surface area contributed by atoms with Gasteiger partial charge in [0.2, 0.25) is 5.95 Å². The molecule has 0 saturated heterocycles. The van der Waals surface area contributed by atoms with E-state index in [2.05, 4.69) is 26.2 Å². The second-order valence-corrected chi connectivity index (χ2v) is 4.87. The van der Waals surface area contributed by atoms with Crippen LogP contribution in [0.15, 0.2) is 35.1 Å². The van der Waals surface area contributed by atoms with Crippen molar-refractivity contribution in [3.8, 4) is 0 Å². The molecule has 0 unspecified atom stereocenters. The van der Waals surface area contributed by atoms with Gasteiger partial charge in [0.25, 0.3) is 0 Å². The van der Waals surface area contributed by atoms with Crippen LogP contribution in [-0.2, 0) is 11.3 Å². The predicted octanol–water partition coefficient (Wildman–Crippen LogP) is 3.56. The monoisotopic (exact) mass is 327 g/mol. The summed E-state index contributed by atoms with van der Waals surface area (Å²) in [6.07, 6.45) is 4.41. The molecule has 0 radical (unpaired) electrons. The summed E-state index contributed by atoms with van der Waals surface area (Å²) in [6, 6.07) is 4.84. The molecule has 19 heavy (non-hydrogen) atoms. The van der Waals surface area contributed by atoms with Crippen molar-refractivity contribution in [2.45, 2.75) is 13.0 Å². The van der Waals surface area contributed by atoms with Crippen LogP contribution in [0.2, 0.25) is 0 Å². The molecule has 0 fully saturated rings. The zero-order chi connectivity index (χ0) is 13.7. The maximum absolute atomic E-state index is 13.7. The standard InChI is InChI=1S/C13H15BrFN3O/c1-19-9-3-7-18-8-6-16-13(18)17-12-10(14)4-2-5-11(12)15/h2,4-6,8H,3,7,9H2,1H3,(H,16,17). The maximum Gasteiger partial charge on any atom is 0.207 e. The van der Waals surface area contributed by atoms with Gasteiger partial charge in [0, 0.05) is 37.1 Å². The molecule has 0 aliphatic heterocycles. The van der Waals surface area contributed by atoms with Gasteiger partial charge < -0.3 is 14.6 Å². The number of aromatic nitrogens is 2. The van der Waals surface area contributed by atoms with Crippen molar-refractivity contribution in [1.82, 2.24) is 9.55 Å². The molecule has 1 N–H and O–H groups in total. The fourth-order valence-corrected chi connectivity index (χ4v) is 2.16. The van der Waals surface area contributed by atoms with Crippen molar-refractivity contribution in [2.24, 2.45) is 0 Å². The van der Waals surface area contributed by atoms with Crippen LogP contribution >= 0.6 is 15.9 Å². The molecule has 6 heteroatoms. The van der Waals surface area contributed by atoms with Crippen molar-refractivity contribution < 1.29 is 9.13 Å². The minimum Gasteiger partial charge on any atom is -0.385 e. The Balaban J connectivity index is 2.13. The van der Waals surface area contributed by atoms with Crippen molar-refractivity contribution in [2.75, 3.05) is 19.0 Å². The van der Waals surface area contributed by atoms with E-state index in [-0.39, 0.29) is 5.82 Å². The smallest absolute Gasteiger partial charge is 0.207 e. The number of nitrogens with zero attached hydrogens (tertiary/aromatic N) is 2. The molecular formula is C13H15BrFN3O. The number of rotatable bonds is 6. The van der Waals surface area contributed by atoms with Crippen LogP contribution in [0, 0.1) is 5.82 Å². The number of aryl methyl sites for hydroxylation is 1. The summed E-state index contributed by atoms with van der Waals surface area (Å²) in [6.45, 7) is 1.45. The number of hydrogen-bond donors (Lipinski definition) is 1. The van der Waals surface area contributed by atoms with Crippen LogP contribution in [0.3, 0.4) is 0 Å². The minimum atomic E-state index is -0.319. The summed E-state index contributed by atoms with van der Waals surface area (Å²) in [5.74, 6) is 0.294. The average molecular weight is 328 g/mol. The summed E-state index contributed by atoms with van der Waals surface area (Å²) in [5, 5.41) is 3.01. The molecule has 0 aliphatic rings. The lowest BCUT2D eigenvalue weighted by molar-refractivity contribution is 0.190. The van der Waals surface area contributed by atoms with E-state index in [0.29, 0.717) is 22.7 Å². The Morgan fingerprint density at radius 1 is 1.47 bits per heavy atom. The highest BCUT2D eigenvalue weighted by Gasteiger charge is 2.09. The van der Waals surface area contributed by atoms with E-state index < -0.39 is 0 Å². The summed E-state index contributed by atoms with van der Waals surface area (Å²) < 4.78 is 21.3. The van der Waals surface area contributed by atoms with E-state index in [1.165, 1.54) is 6.07 Å². The Morgan fingerprint density at radius 3 is 3.05 bits per heavy atom. The number of halogens is 2. The van der Waals surface area contributed by atoms with Crippen molar-refractivity contribution >= 4 is 27.6 Å². The van der Waals surface area contributed by atoms with E-state index in [4.69, 9.17) is 4.74 Å². The normalized spacial score (nSPS) is 10.7. The molecule has 1 aromatic heterocycles. The fourth-order valence-electron chi connectivity index (χ4n) is 1.72. The van der Waals surface area contributed by atoms with E-state index in [0.717, 1.165) is 13.0 Å². The number of anilines is 2. The number of hydrogen-bond acceptors (Lipinski definition) is 3. The number of imidazole rings is 1. The first-order valence-corrected chi connectivity index (χ1v) is 6.73. The van der Waals surface area contributed by atoms with Gasteiger partial charge in [-0.3, -0.25) is 0 Å². The van der Waals surface area contributed by atoms with Gasteiger partial charge in [0.05, 0.1) is 5.69 Å². The molecule has 0 saturated carbocycles. The Kier molecular flexibility index (Phi) is 4.93. The first kappa shape index (κ1) is 14.0. The third kappa shape index (κ3) is 3.54. The molecule has 0 bridgehead atoms. The zero-order valence-corrected chi connectivity index (χ0v) is 12.2. The Hall–Kier alpha value is -1.40. The molecule has 0 amide bonds.